The van der Waals surface area contributed by atoms with Crippen molar-refractivity contribution in [2.24, 2.45) is 5.92 Å². The minimum atomic E-state index is -0.380. The standard InChI is InChI=1S/C10H16O.C7H14O2.C6H14O2.C4H6O2.C4H10/c1-9(2)5-4-6-10(3)7-8-11;1-6(2)4-5-9-7(3)8;1-4-7-6(3)8-5-2;1-3(5)4(2)6;1-3-4-2/h5,7-8H,4,6H2,1-3H3;6H,4-5H2,1-3H3;6H,4-5H2,1-3H3;1-2H3;3-4H2,1-2H3/b10-7-;;;;. The summed E-state index contributed by atoms with van der Waals surface area (Å²) < 4.78 is 14.8. The van der Waals surface area contributed by atoms with Gasteiger partial charge in [0, 0.05) is 34.0 Å². The Morgan fingerprint density at radius 2 is 1.21 bits per heavy atom. The van der Waals surface area contributed by atoms with E-state index in [1.54, 1.807) is 6.08 Å². The molecule has 0 aliphatic rings. The van der Waals surface area contributed by atoms with Crippen LogP contribution in [0, 0.1) is 5.92 Å². The fraction of sp³-hybridized carbons (Fsp3) is 0.742. The largest absolute Gasteiger partial charge is 0.466 e. The van der Waals surface area contributed by atoms with Gasteiger partial charge < -0.3 is 14.2 Å². The van der Waals surface area contributed by atoms with E-state index in [-0.39, 0.29) is 23.8 Å². The van der Waals surface area contributed by atoms with E-state index in [0.717, 1.165) is 44.3 Å². The van der Waals surface area contributed by atoms with Crippen molar-refractivity contribution in [1.29, 1.82) is 0 Å². The summed E-state index contributed by atoms with van der Waals surface area (Å²) in [6.45, 7) is 26.5. The minimum absolute atomic E-state index is 0.0370. The van der Waals surface area contributed by atoms with Crippen molar-refractivity contribution in [3.63, 3.8) is 0 Å². The molecule has 0 fully saturated rings. The number of allylic oxidation sites excluding steroid dienone is 4. The number of rotatable bonds is 13. The molecule has 0 aromatic carbocycles. The Morgan fingerprint density at radius 1 is 0.763 bits per heavy atom. The number of hydrogen-bond donors (Lipinski definition) is 0. The van der Waals surface area contributed by atoms with Crippen LogP contribution >= 0.6 is 0 Å². The number of Topliss-reactive ketones (excluding diaryl/α,β-unsaturated/α-hetero) is 2. The molecule has 0 aliphatic carbocycles. The maximum Gasteiger partial charge on any atom is 0.302 e. The van der Waals surface area contributed by atoms with E-state index in [2.05, 4.69) is 47.6 Å². The van der Waals surface area contributed by atoms with Crippen LogP contribution < -0.4 is 0 Å². The highest BCUT2D eigenvalue weighted by Gasteiger charge is 1.96. The Morgan fingerprint density at radius 3 is 1.47 bits per heavy atom. The number of unbranched alkanes of at least 4 members (excludes halogenated alkanes) is 1. The molecule has 0 unspecified atom stereocenters. The molecule has 0 atom stereocenters. The van der Waals surface area contributed by atoms with Gasteiger partial charge in [-0.2, -0.15) is 0 Å². The van der Waals surface area contributed by atoms with E-state index in [4.69, 9.17) is 14.2 Å². The Hall–Kier alpha value is -2.12. The number of hydrogen-bond acceptors (Lipinski definition) is 7. The van der Waals surface area contributed by atoms with Crippen LogP contribution in [0.2, 0.25) is 0 Å². The number of aldehydes is 1. The predicted molar refractivity (Wildman–Crippen MR) is 159 cm³/mol. The SMILES string of the molecule is CC(=O)C(C)=O.CC(=O)OCCC(C)C.CC(C)=CCC/C(C)=C\C=O.CCCC.CCOC(C)OCC. The molecule has 0 spiro atoms. The Labute approximate surface area is 234 Å². The highest BCUT2D eigenvalue weighted by Crippen LogP contribution is 2.05. The van der Waals surface area contributed by atoms with E-state index < -0.39 is 0 Å². The lowest BCUT2D eigenvalue weighted by Crippen LogP contribution is -2.11. The molecule has 0 N–H and O–H groups in total. The van der Waals surface area contributed by atoms with E-state index in [0.29, 0.717) is 12.5 Å². The zero-order chi connectivity index (χ0) is 30.9. The van der Waals surface area contributed by atoms with Crippen LogP contribution in [0.15, 0.2) is 23.3 Å². The molecule has 0 rings (SSSR count). The van der Waals surface area contributed by atoms with Gasteiger partial charge in [-0.25, -0.2) is 0 Å². The molecule has 7 nitrogen and oxygen atoms in total. The van der Waals surface area contributed by atoms with Crippen LogP contribution in [0.1, 0.15) is 122 Å². The second kappa shape index (κ2) is 37.0. The molecule has 0 aromatic rings. The van der Waals surface area contributed by atoms with Crippen LogP contribution in [0.25, 0.3) is 0 Å². The van der Waals surface area contributed by atoms with Crippen LogP contribution in [-0.4, -0.2) is 49.9 Å². The van der Waals surface area contributed by atoms with Crippen molar-refractivity contribution in [3.8, 4) is 0 Å². The number of ketones is 2. The molecule has 0 amide bonds. The topological polar surface area (TPSA) is 96.0 Å². The maximum absolute atomic E-state index is 10.2. The maximum atomic E-state index is 10.2. The zero-order valence-electron chi connectivity index (χ0n) is 26.9. The lowest BCUT2D eigenvalue weighted by Gasteiger charge is -2.09. The smallest absolute Gasteiger partial charge is 0.302 e. The summed E-state index contributed by atoms with van der Waals surface area (Å²) in [5, 5.41) is 0. The molecule has 0 saturated heterocycles. The second-order valence-corrected chi connectivity index (χ2v) is 9.08. The van der Waals surface area contributed by atoms with Crippen molar-refractivity contribution in [1.82, 2.24) is 0 Å². The third kappa shape index (κ3) is 64.2. The molecular weight excluding hydrogens is 484 g/mol. The summed E-state index contributed by atoms with van der Waals surface area (Å²) in [4.78, 5) is 39.8. The first-order valence-electron chi connectivity index (χ1n) is 13.8. The fourth-order valence-corrected chi connectivity index (χ4v) is 1.74. The number of carbonyl (C=O) groups excluding carboxylic acids is 4. The minimum Gasteiger partial charge on any atom is -0.466 e. The van der Waals surface area contributed by atoms with Gasteiger partial charge in [0.15, 0.2) is 17.9 Å². The van der Waals surface area contributed by atoms with Gasteiger partial charge in [0.1, 0.15) is 6.29 Å². The highest BCUT2D eigenvalue weighted by atomic mass is 16.7. The van der Waals surface area contributed by atoms with Gasteiger partial charge >= 0.3 is 5.97 Å². The number of esters is 1. The average Bonchev–Trinajstić information content (AvgIpc) is 2.80. The van der Waals surface area contributed by atoms with Gasteiger partial charge in [-0.15, -0.1) is 0 Å². The van der Waals surface area contributed by atoms with Gasteiger partial charge in [-0.1, -0.05) is 57.8 Å². The van der Waals surface area contributed by atoms with Crippen molar-refractivity contribution in [2.45, 2.75) is 128 Å². The molecule has 0 radical (unpaired) electrons. The van der Waals surface area contributed by atoms with E-state index in [9.17, 15) is 19.2 Å². The molecular formula is C31H60O7. The van der Waals surface area contributed by atoms with E-state index in [1.165, 1.54) is 39.2 Å². The normalized spacial score (nSPS) is 9.71. The second-order valence-electron chi connectivity index (χ2n) is 9.08. The third-order valence-corrected chi connectivity index (χ3v) is 4.24. The van der Waals surface area contributed by atoms with Crippen LogP contribution in [0.4, 0.5) is 0 Å². The summed E-state index contributed by atoms with van der Waals surface area (Å²) in [6.07, 6.45) is 10.2. The average molecular weight is 545 g/mol. The molecule has 0 bridgehead atoms. The monoisotopic (exact) mass is 544 g/mol. The zero-order valence-corrected chi connectivity index (χ0v) is 26.9. The molecule has 226 valence electrons. The molecule has 7 heteroatoms. The summed E-state index contributed by atoms with van der Waals surface area (Å²) >= 11 is 0. The summed E-state index contributed by atoms with van der Waals surface area (Å²) in [7, 11) is 0. The number of ether oxygens (including phenoxy) is 3. The lowest BCUT2D eigenvalue weighted by molar-refractivity contribution is -0.141. The molecule has 0 aromatic heterocycles. The van der Waals surface area contributed by atoms with Crippen LogP contribution in [-0.2, 0) is 33.4 Å². The Kier molecular flexibility index (Phi) is 44.6. The summed E-state index contributed by atoms with van der Waals surface area (Å²) in [5.41, 5.74) is 2.49. The van der Waals surface area contributed by atoms with Crippen LogP contribution in [0.5, 0.6) is 0 Å². The van der Waals surface area contributed by atoms with Gasteiger partial charge in [0.2, 0.25) is 0 Å². The first-order valence-corrected chi connectivity index (χ1v) is 13.8. The molecule has 0 saturated carbocycles. The molecule has 0 heterocycles. The third-order valence-electron chi connectivity index (χ3n) is 4.24. The number of carbonyl (C=O) groups is 4. The van der Waals surface area contributed by atoms with Gasteiger partial charge in [-0.3, -0.25) is 19.2 Å². The first kappa shape index (κ1) is 45.8. The molecule has 0 aliphatic heterocycles. The Bertz CT molecular complexity index is 596. The predicted octanol–water partition coefficient (Wildman–Crippen LogP) is 7.85. The Balaban J connectivity index is -0.000000124. The van der Waals surface area contributed by atoms with Crippen molar-refractivity contribution >= 4 is 23.8 Å². The lowest BCUT2D eigenvalue weighted by atomic mass is 10.1. The van der Waals surface area contributed by atoms with Crippen molar-refractivity contribution < 1.29 is 33.4 Å². The van der Waals surface area contributed by atoms with Gasteiger partial charge in [-0.05, 0) is 72.8 Å². The summed E-state index contributed by atoms with van der Waals surface area (Å²) in [5.74, 6) is -0.329. The van der Waals surface area contributed by atoms with Crippen molar-refractivity contribution in [2.75, 3.05) is 19.8 Å². The van der Waals surface area contributed by atoms with Gasteiger partial charge in [0.25, 0.3) is 0 Å². The quantitative estimate of drug-likeness (QED) is 0.0581. The summed E-state index contributed by atoms with van der Waals surface area (Å²) in [6, 6.07) is 0. The van der Waals surface area contributed by atoms with Crippen molar-refractivity contribution in [3.05, 3.63) is 23.3 Å². The van der Waals surface area contributed by atoms with E-state index in [1.807, 2.05) is 27.7 Å². The fourth-order valence-electron chi connectivity index (χ4n) is 1.74. The first-order chi connectivity index (χ1) is 17.7. The van der Waals surface area contributed by atoms with Gasteiger partial charge in [0.05, 0.1) is 6.61 Å². The van der Waals surface area contributed by atoms with E-state index >= 15 is 0 Å². The van der Waals surface area contributed by atoms with Crippen LogP contribution in [0.3, 0.4) is 0 Å². The highest BCUT2D eigenvalue weighted by molar-refractivity contribution is 6.35. The molecule has 38 heavy (non-hydrogen) atoms.